The van der Waals surface area contributed by atoms with E-state index in [1.165, 1.54) is 12.1 Å². The lowest BCUT2D eigenvalue weighted by molar-refractivity contribution is 0.0696. The van der Waals surface area contributed by atoms with Crippen LogP contribution < -0.4 is 10.1 Å². The van der Waals surface area contributed by atoms with Gasteiger partial charge in [0.1, 0.15) is 5.75 Å². The Hall–Kier alpha value is -2.34. The Labute approximate surface area is 142 Å². The van der Waals surface area contributed by atoms with Crippen molar-refractivity contribution >= 4 is 27.8 Å². The molecule has 2 N–H and O–H groups in total. The van der Waals surface area contributed by atoms with Crippen LogP contribution in [0.1, 0.15) is 33.2 Å². The summed E-state index contributed by atoms with van der Waals surface area (Å²) >= 11 is 3.37. The maximum atomic E-state index is 12.1. The molecule has 0 aliphatic heterocycles. The molecule has 0 saturated carbocycles. The van der Waals surface area contributed by atoms with E-state index in [1.54, 1.807) is 30.3 Å². The van der Waals surface area contributed by atoms with E-state index in [4.69, 9.17) is 9.84 Å². The quantitative estimate of drug-likeness (QED) is 0.807. The number of ether oxygens (including phenoxy) is 1. The summed E-state index contributed by atoms with van der Waals surface area (Å²) < 4.78 is 6.12. The van der Waals surface area contributed by atoms with E-state index in [9.17, 15) is 9.59 Å². The monoisotopic (exact) mass is 377 g/mol. The van der Waals surface area contributed by atoms with Gasteiger partial charge in [-0.2, -0.15) is 0 Å². The predicted octanol–water partition coefficient (Wildman–Crippen LogP) is 3.48. The fourth-order valence-electron chi connectivity index (χ4n) is 1.96. The highest BCUT2D eigenvalue weighted by Crippen LogP contribution is 2.26. The smallest absolute Gasteiger partial charge is 0.335 e. The first-order valence-electron chi connectivity index (χ1n) is 7.04. The molecule has 0 radical (unpaired) electrons. The van der Waals surface area contributed by atoms with Gasteiger partial charge in [-0.05, 0) is 58.7 Å². The lowest BCUT2D eigenvalue weighted by Crippen LogP contribution is -2.22. The fourth-order valence-corrected chi connectivity index (χ4v) is 2.46. The van der Waals surface area contributed by atoms with Gasteiger partial charge in [-0.1, -0.05) is 12.1 Å². The van der Waals surface area contributed by atoms with Gasteiger partial charge in [-0.3, -0.25) is 4.79 Å². The summed E-state index contributed by atoms with van der Waals surface area (Å²) in [6, 6.07) is 11.5. The van der Waals surface area contributed by atoms with Crippen molar-refractivity contribution in [2.24, 2.45) is 0 Å². The molecule has 6 heteroatoms. The molecule has 2 aromatic carbocycles. The van der Waals surface area contributed by atoms with E-state index in [1.807, 2.05) is 6.92 Å². The molecule has 1 amide bonds. The molecule has 0 unspecified atom stereocenters. The average molecular weight is 378 g/mol. The van der Waals surface area contributed by atoms with Crippen molar-refractivity contribution < 1.29 is 19.4 Å². The van der Waals surface area contributed by atoms with Gasteiger partial charge in [0, 0.05) is 12.1 Å². The molecular formula is C17H16BrNO4. The van der Waals surface area contributed by atoms with Crippen LogP contribution in [-0.4, -0.2) is 23.6 Å². The molecule has 0 saturated heterocycles. The number of hydrogen-bond acceptors (Lipinski definition) is 3. The van der Waals surface area contributed by atoms with E-state index in [-0.39, 0.29) is 11.5 Å². The number of carbonyl (C=O) groups is 2. The Morgan fingerprint density at radius 3 is 2.35 bits per heavy atom. The molecule has 0 aliphatic carbocycles. The van der Waals surface area contributed by atoms with Crippen molar-refractivity contribution in [3.05, 3.63) is 63.6 Å². The fraction of sp³-hybridized carbons (Fsp3) is 0.176. The van der Waals surface area contributed by atoms with E-state index >= 15 is 0 Å². The van der Waals surface area contributed by atoms with E-state index in [0.717, 1.165) is 10.0 Å². The van der Waals surface area contributed by atoms with E-state index < -0.39 is 5.97 Å². The first-order chi connectivity index (χ1) is 11.0. The molecule has 0 atom stereocenters. The molecule has 0 fully saturated rings. The van der Waals surface area contributed by atoms with Crippen molar-refractivity contribution in [1.29, 1.82) is 0 Å². The van der Waals surface area contributed by atoms with Crippen LogP contribution in [0.2, 0.25) is 0 Å². The van der Waals surface area contributed by atoms with Gasteiger partial charge >= 0.3 is 5.97 Å². The number of benzene rings is 2. The summed E-state index contributed by atoms with van der Waals surface area (Å²) in [6.45, 7) is 2.77. The van der Waals surface area contributed by atoms with Gasteiger partial charge in [0.15, 0.2) is 0 Å². The molecule has 23 heavy (non-hydrogen) atoms. The van der Waals surface area contributed by atoms with Gasteiger partial charge in [0.05, 0.1) is 16.6 Å². The number of carboxylic acids is 1. The highest BCUT2D eigenvalue weighted by molar-refractivity contribution is 9.10. The van der Waals surface area contributed by atoms with Gasteiger partial charge < -0.3 is 15.2 Å². The number of carboxylic acid groups (broad SMARTS) is 1. The van der Waals surface area contributed by atoms with Gasteiger partial charge in [-0.25, -0.2) is 4.79 Å². The second kappa shape index (κ2) is 7.78. The Kier molecular flexibility index (Phi) is 5.76. The first kappa shape index (κ1) is 17.0. The third-order valence-electron chi connectivity index (χ3n) is 3.15. The van der Waals surface area contributed by atoms with Crippen molar-refractivity contribution in [1.82, 2.24) is 5.32 Å². The Morgan fingerprint density at radius 2 is 1.78 bits per heavy atom. The van der Waals surface area contributed by atoms with Crippen LogP contribution in [0.25, 0.3) is 0 Å². The molecule has 2 aromatic rings. The minimum absolute atomic E-state index is 0.212. The maximum absolute atomic E-state index is 12.1. The summed E-state index contributed by atoms with van der Waals surface area (Å²) in [5.41, 5.74) is 1.56. The number of nitrogens with one attached hydrogen (secondary N) is 1. The molecule has 2 rings (SSSR count). The van der Waals surface area contributed by atoms with Crippen molar-refractivity contribution in [2.45, 2.75) is 13.5 Å². The van der Waals surface area contributed by atoms with Crippen LogP contribution in [0.5, 0.6) is 5.75 Å². The van der Waals surface area contributed by atoms with Gasteiger partial charge in [0.25, 0.3) is 5.91 Å². The minimum Gasteiger partial charge on any atom is -0.493 e. The van der Waals surface area contributed by atoms with Gasteiger partial charge in [-0.15, -0.1) is 0 Å². The standard InChI is InChI=1S/C17H16BrNO4/c1-2-23-15-8-7-13(9-14(15)18)16(20)19-10-11-3-5-12(6-4-11)17(21)22/h3-9H,2,10H2,1H3,(H,19,20)(H,21,22). The summed E-state index contributed by atoms with van der Waals surface area (Å²) in [5, 5.41) is 11.6. The summed E-state index contributed by atoms with van der Waals surface area (Å²) in [6.07, 6.45) is 0. The van der Waals surface area contributed by atoms with Crippen molar-refractivity contribution in [2.75, 3.05) is 6.61 Å². The third-order valence-corrected chi connectivity index (χ3v) is 3.77. The summed E-state index contributed by atoms with van der Waals surface area (Å²) in [5.74, 6) is -0.496. The number of hydrogen-bond donors (Lipinski definition) is 2. The third kappa shape index (κ3) is 4.56. The Balaban J connectivity index is 1.99. The molecule has 0 spiro atoms. The van der Waals surface area contributed by atoms with Crippen LogP contribution in [0.15, 0.2) is 46.9 Å². The zero-order chi connectivity index (χ0) is 16.8. The van der Waals surface area contributed by atoms with Crippen LogP contribution in [0.3, 0.4) is 0 Å². The predicted molar refractivity (Wildman–Crippen MR) is 89.9 cm³/mol. The maximum Gasteiger partial charge on any atom is 0.335 e. The van der Waals surface area contributed by atoms with E-state index in [2.05, 4.69) is 21.2 Å². The first-order valence-corrected chi connectivity index (χ1v) is 7.83. The second-order valence-corrected chi connectivity index (χ2v) is 5.62. The van der Waals surface area contributed by atoms with Crippen LogP contribution >= 0.6 is 15.9 Å². The minimum atomic E-state index is -0.972. The van der Waals surface area contributed by atoms with Crippen LogP contribution in [0.4, 0.5) is 0 Å². The number of rotatable bonds is 6. The average Bonchev–Trinajstić information content (AvgIpc) is 2.55. The zero-order valence-corrected chi connectivity index (χ0v) is 14.1. The molecule has 0 aromatic heterocycles. The zero-order valence-electron chi connectivity index (χ0n) is 12.5. The lowest BCUT2D eigenvalue weighted by Gasteiger charge is -2.09. The Bertz CT molecular complexity index is 713. The van der Waals surface area contributed by atoms with Crippen LogP contribution in [0, 0.1) is 0 Å². The lowest BCUT2D eigenvalue weighted by atomic mass is 10.1. The molecule has 0 aliphatic rings. The molecule has 120 valence electrons. The highest BCUT2D eigenvalue weighted by Gasteiger charge is 2.09. The Morgan fingerprint density at radius 1 is 1.13 bits per heavy atom. The molecule has 0 heterocycles. The second-order valence-electron chi connectivity index (χ2n) is 4.76. The molecule has 0 bridgehead atoms. The summed E-state index contributed by atoms with van der Waals surface area (Å²) in [4.78, 5) is 22.9. The van der Waals surface area contributed by atoms with Crippen molar-refractivity contribution in [3.63, 3.8) is 0 Å². The van der Waals surface area contributed by atoms with Crippen molar-refractivity contribution in [3.8, 4) is 5.75 Å². The number of amides is 1. The number of aromatic carboxylic acids is 1. The number of carbonyl (C=O) groups excluding carboxylic acids is 1. The van der Waals surface area contributed by atoms with E-state index in [0.29, 0.717) is 24.5 Å². The van der Waals surface area contributed by atoms with Gasteiger partial charge in [0.2, 0.25) is 0 Å². The summed E-state index contributed by atoms with van der Waals surface area (Å²) in [7, 11) is 0. The highest BCUT2D eigenvalue weighted by atomic mass is 79.9. The largest absolute Gasteiger partial charge is 0.493 e. The topological polar surface area (TPSA) is 75.6 Å². The normalized spacial score (nSPS) is 10.2. The SMILES string of the molecule is CCOc1ccc(C(=O)NCc2ccc(C(=O)O)cc2)cc1Br. The molecule has 5 nitrogen and oxygen atoms in total. The van der Waals surface area contributed by atoms with Crippen LogP contribution in [-0.2, 0) is 6.54 Å². The molecular weight excluding hydrogens is 362 g/mol. The number of halogens is 1.